The molecule has 0 spiro atoms. The first kappa shape index (κ1) is 13.1. The van der Waals surface area contributed by atoms with Crippen molar-refractivity contribution in [3.63, 3.8) is 0 Å². The highest BCUT2D eigenvalue weighted by Crippen LogP contribution is 2.34. The van der Waals surface area contributed by atoms with Crippen molar-refractivity contribution in [3.8, 4) is 11.5 Å². The lowest BCUT2D eigenvalue weighted by molar-refractivity contribution is 0.390. The van der Waals surface area contributed by atoms with Crippen molar-refractivity contribution in [1.29, 1.82) is 0 Å². The molecular weight excluding hydrogens is 276 g/mol. The largest absolute Gasteiger partial charge is 0.436 e. The van der Waals surface area contributed by atoms with Gasteiger partial charge in [-0.25, -0.2) is 4.98 Å². The highest BCUT2D eigenvalue weighted by atomic mass is 16.3. The predicted molar refractivity (Wildman–Crippen MR) is 83.5 cm³/mol. The summed E-state index contributed by atoms with van der Waals surface area (Å²) < 4.78 is 5.90. The van der Waals surface area contributed by atoms with Crippen LogP contribution in [-0.4, -0.2) is 16.5 Å². The molecule has 0 fully saturated rings. The molecule has 1 aliphatic rings. The second kappa shape index (κ2) is 5.33. The fourth-order valence-electron chi connectivity index (χ4n) is 2.81. The first-order valence-electron chi connectivity index (χ1n) is 7.49. The van der Waals surface area contributed by atoms with E-state index in [1.807, 2.05) is 24.3 Å². The number of oxazole rings is 1. The van der Waals surface area contributed by atoms with Crippen LogP contribution < -0.4 is 0 Å². The highest BCUT2D eigenvalue weighted by molar-refractivity contribution is 5.76. The summed E-state index contributed by atoms with van der Waals surface area (Å²) in [6.07, 6.45) is 4.56. The molecule has 2 unspecified atom stereocenters. The van der Waals surface area contributed by atoms with Gasteiger partial charge in [0.2, 0.25) is 5.89 Å². The normalized spacial score (nSPS) is 21.3. The van der Waals surface area contributed by atoms with Gasteiger partial charge in [0.1, 0.15) is 5.52 Å². The lowest BCUT2D eigenvalue weighted by Gasteiger charge is -2.22. The topological polar surface area (TPSA) is 63.6 Å². The molecule has 0 radical (unpaired) electrons. The van der Waals surface area contributed by atoms with E-state index in [1.165, 1.54) is 0 Å². The zero-order valence-corrected chi connectivity index (χ0v) is 12.3. The Morgan fingerprint density at radius 2 is 2.18 bits per heavy atom. The highest BCUT2D eigenvalue weighted by Gasteiger charge is 2.22. The van der Waals surface area contributed by atoms with E-state index in [-0.39, 0.29) is 6.04 Å². The minimum Gasteiger partial charge on any atom is -0.436 e. The summed E-state index contributed by atoms with van der Waals surface area (Å²) in [5, 5.41) is 8.59. The van der Waals surface area contributed by atoms with E-state index >= 15 is 0 Å². The predicted octanol–water partition coefficient (Wildman–Crippen LogP) is 4.42. The molecule has 4 rings (SSSR count). The van der Waals surface area contributed by atoms with Gasteiger partial charge in [-0.1, -0.05) is 13.0 Å². The third-order valence-corrected chi connectivity index (χ3v) is 4.09. The van der Waals surface area contributed by atoms with Crippen LogP contribution >= 0.6 is 0 Å². The molecule has 0 saturated carbocycles. The maximum Gasteiger partial charge on any atom is 0.228 e. The summed E-state index contributed by atoms with van der Waals surface area (Å²) in [5.41, 5.74) is 3.65. The van der Waals surface area contributed by atoms with Crippen molar-refractivity contribution in [2.24, 2.45) is 16.1 Å². The number of fused-ring (bicyclic) bond motifs is 1. The molecule has 3 aromatic rings. The zero-order valence-electron chi connectivity index (χ0n) is 12.3. The fraction of sp³-hybridized carbons (Fsp3) is 0.294. The Labute approximate surface area is 128 Å². The molecule has 5 heteroatoms. The number of hydrogen-bond donors (Lipinski definition) is 0. The van der Waals surface area contributed by atoms with Crippen LogP contribution in [0.3, 0.4) is 0 Å². The fourth-order valence-corrected chi connectivity index (χ4v) is 2.81. The van der Waals surface area contributed by atoms with E-state index in [1.54, 1.807) is 12.4 Å². The van der Waals surface area contributed by atoms with Crippen molar-refractivity contribution < 1.29 is 4.42 Å². The van der Waals surface area contributed by atoms with E-state index in [4.69, 9.17) is 4.42 Å². The summed E-state index contributed by atoms with van der Waals surface area (Å²) in [6.45, 7) is 3.04. The molecule has 2 atom stereocenters. The summed E-state index contributed by atoms with van der Waals surface area (Å²) in [5.74, 6) is 1.09. The number of azo groups is 1. The summed E-state index contributed by atoms with van der Waals surface area (Å²) in [7, 11) is 0. The number of aromatic nitrogens is 2. The maximum atomic E-state index is 5.90. The van der Waals surface area contributed by atoms with Crippen molar-refractivity contribution >= 4 is 11.1 Å². The molecule has 0 N–H and O–H groups in total. The van der Waals surface area contributed by atoms with Gasteiger partial charge in [-0.15, -0.1) is 0 Å². The van der Waals surface area contributed by atoms with Crippen LogP contribution in [-0.2, 0) is 0 Å². The van der Waals surface area contributed by atoms with Gasteiger partial charge in [0.25, 0.3) is 0 Å². The van der Waals surface area contributed by atoms with Crippen LogP contribution in [0.15, 0.2) is 57.4 Å². The third-order valence-electron chi connectivity index (χ3n) is 4.09. The van der Waals surface area contributed by atoms with E-state index in [9.17, 15) is 0 Å². The molecule has 0 aliphatic carbocycles. The molecule has 5 nitrogen and oxygen atoms in total. The Balaban J connectivity index is 1.75. The number of pyridine rings is 1. The van der Waals surface area contributed by atoms with Crippen LogP contribution in [0.1, 0.15) is 24.9 Å². The van der Waals surface area contributed by atoms with Crippen LogP contribution in [0.4, 0.5) is 0 Å². The molecule has 1 aliphatic heterocycles. The molecule has 1 aromatic carbocycles. The smallest absolute Gasteiger partial charge is 0.228 e. The average Bonchev–Trinajstić information content (AvgIpc) is 2.99. The number of nitrogens with zero attached hydrogens (tertiary/aromatic N) is 4. The maximum absolute atomic E-state index is 5.90. The van der Waals surface area contributed by atoms with E-state index < -0.39 is 0 Å². The second-order valence-corrected chi connectivity index (χ2v) is 5.68. The van der Waals surface area contributed by atoms with Crippen molar-refractivity contribution in [1.82, 2.24) is 9.97 Å². The first-order chi connectivity index (χ1) is 10.8. The van der Waals surface area contributed by atoms with Crippen molar-refractivity contribution in [2.75, 3.05) is 6.54 Å². The Bertz CT molecular complexity index is 825. The number of hydrogen-bond acceptors (Lipinski definition) is 5. The minimum atomic E-state index is 0.116. The van der Waals surface area contributed by atoms with Gasteiger partial charge in [0.05, 0.1) is 18.2 Å². The van der Waals surface area contributed by atoms with Crippen LogP contribution in [0, 0.1) is 5.92 Å². The first-order valence-corrected chi connectivity index (χ1v) is 7.49. The Hall–Kier alpha value is -2.56. The SMILES string of the molecule is CC1CCN=NC1c1ccc2nc(-c3cccnc3)oc2c1. The molecule has 2 aromatic heterocycles. The molecular formula is C17H16N4O. The standard InChI is InChI=1S/C17H16N4O/c1-11-6-8-19-21-16(11)12-4-5-14-15(9-12)22-17(20-14)13-3-2-7-18-10-13/h2-5,7,9-11,16H,6,8H2,1H3. The van der Waals surface area contributed by atoms with Gasteiger partial charge in [0.15, 0.2) is 5.58 Å². The molecule has 110 valence electrons. The lowest BCUT2D eigenvalue weighted by Crippen LogP contribution is -2.12. The van der Waals surface area contributed by atoms with E-state index in [2.05, 4.69) is 33.2 Å². The van der Waals surface area contributed by atoms with Crippen LogP contribution in [0.25, 0.3) is 22.6 Å². The quantitative estimate of drug-likeness (QED) is 0.702. The monoisotopic (exact) mass is 292 g/mol. The van der Waals surface area contributed by atoms with Gasteiger partial charge < -0.3 is 4.42 Å². The second-order valence-electron chi connectivity index (χ2n) is 5.68. The minimum absolute atomic E-state index is 0.116. The zero-order chi connectivity index (χ0) is 14.9. The average molecular weight is 292 g/mol. The lowest BCUT2D eigenvalue weighted by atomic mass is 9.91. The molecule has 0 saturated heterocycles. The Morgan fingerprint density at radius 3 is 3.00 bits per heavy atom. The number of benzene rings is 1. The van der Waals surface area contributed by atoms with Crippen molar-refractivity contribution in [2.45, 2.75) is 19.4 Å². The molecule has 0 bridgehead atoms. The summed E-state index contributed by atoms with van der Waals surface area (Å²) in [4.78, 5) is 8.63. The van der Waals surface area contributed by atoms with E-state index in [0.29, 0.717) is 11.8 Å². The summed E-state index contributed by atoms with van der Waals surface area (Å²) >= 11 is 0. The Kier molecular flexibility index (Phi) is 3.18. The molecule has 0 amide bonds. The van der Waals surface area contributed by atoms with Crippen LogP contribution in [0.2, 0.25) is 0 Å². The number of rotatable bonds is 2. The van der Waals surface area contributed by atoms with Gasteiger partial charge in [-0.3, -0.25) is 4.98 Å². The van der Waals surface area contributed by atoms with Gasteiger partial charge >= 0.3 is 0 Å². The molecule has 3 heterocycles. The van der Waals surface area contributed by atoms with Gasteiger partial charge in [-0.2, -0.15) is 10.2 Å². The molecule has 22 heavy (non-hydrogen) atoms. The van der Waals surface area contributed by atoms with Gasteiger partial charge in [0, 0.05) is 12.4 Å². The Morgan fingerprint density at radius 1 is 1.23 bits per heavy atom. The third kappa shape index (κ3) is 2.28. The van der Waals surface area contributed by atoms with Gasteiger partial charge in [-0.05, 0) is 42.2 Å². The summed E-state index contributed by atoms with van der Waals surface area (Å²) in [6, 6.07) is 10.0. The van der Waals surface area contributed by atoms with Crippen LogP contribution in [0.5, 0.6) is 0 Å². The van der Waals surface area contributed by atoms with Crippen molar-refractivity contribution in [3.05, 3.63) is 48.3 Å². The van der Waals surface area contributed by atoms with E-state index in [0.717, 1.165) is 35.2 Å².